The first-order chi connectivity index (χ1) is 19.7. The Labute approximate surface area is 241 Å². The molecule has 4 rings (SSSR count). The largest absolute Gasteiger partial charge is 0.492 e. The molecule has 3 N–H and O–H groups in total. The number of halogens is 2. The van der Waals surface area contributed by atoms with Gasteiger partial charge in [0.05, 0.1) is 18.0 Å². The van der Waals surface area contributed by atoms with Gasteiger partial charge >= 0.3 is 12.1 Å². The maximum Gasteiger partial charge on any atom is 0.408 e. The second-order valence-corrected chi connectivity index (χ2v) is 11.6. The number of carboxylic acid groups (broad SMARTS) is 1. The number of anilines is 1. The van der Waals surface area contributed by atoms with Gasteiger partial charge in [-0.15, -0.1) is 0 Å². The molecule has 1 aliphatic carbocycles. The zero-order valence-corrected chi connectivity index (χ0v) is 24.3. The Balaban J connectivity index is 1.57. The van der Waals surface area contributed by atoms with Gasteiger partial charge in [-0.1, -0.05) is 5.57 Å². The van der Waals surface area contributed by atoms with E-state index in [1.54, 1.807) is 30.2 Å². The molecule has 2 aromatic rings. The molecule has 1 saturated heterocycles. The van der Waals surface area contributed by atoms with Crippen molar-refractivity contribution in [2.75, 3.05) is 25.1 Å². The summed E-state index contributed by atoms with van der Waals surface area (Å²) in [7, 11) is 1.35. The first kappa shape index (κ1) is 30.8. The second-order valence-electron chi connectivity index (χ2n) is 11.6. The lowest BCUT2D eigenvalue weighted by Gasteiger charge is -2.33. The summed E-state index contributed by atoms with van der Waals surface area (Å²) < 4.78 is 43.0. The van der Waals surface area contributed by atoms with Gasteiger partial charge in [0, 0.05) is 25.3 Å². The normalized spacial score (nSPS) is 18.0. The molecule has 2 aliphatic rings. The molecule has 13 heteroatoms. The first-order valence-corrected chi connectivity index (χ1v) is 13.8. The summed E-state index contributed by atoms with van der Waals surface area (Å²) in [6.45, 7) is 6.97. The molecule has 42 heavy (non-hydrogen) atoms. The third-order valence-electron chi connectivity index (χ3n) is 7.00. The highest BCUT2D eigenvalue weighted by Gasteiger charge is 2.32. The fourth-order valence-electron chi connectivity index (χ4n) is 5.01. The average Bonchev–Trinajstić information content (AvgIpc) is 3.72. The maximum absolute atomic E-state index is 15.7. The van der Waals surface area contributed by atoms with Crippen LogP contribution in [-0.4, -0.2) is 65.8 Å². The van der Waals surface area contributed by atoms with E-state index in [1.807, 2.05) is 0 Å². The summed E-state index contributed by atoms with van der Waals surface area (Å²) in [5.74, 6) is -2.82. The third kappa shape index (κ3) is 6.82. The van der Waals surface area contributed by atoms with Crippen molar-refractivity contribution < 1.29 is 37.7 Å². The molecule has 2 heterocycles. The molecule has 1 aromatic carbocycles. The molecule has 0 radical (unpaired) electrons. The number of piperidine rings is 1. The Morgan fingerprint density at radius 1 is 1.21 bits per heavy atom. The number of hydrogen-bond donors (Lipinski definition) is 3. The summed E-state index contributed by atoms with van der Waals surface area (Å²) in [6.07, 6.45) is 2.47. The smallest absolute Gasteiger partial charge is 0.408 e. The number of benzene rings is 1. The van der Waals surface area contributed by atoms with E-state index in [0.717, 1.165) is 18.9 Å². The Bertz CT molecular complexity index is 1490. The third-order valence-corrected chi connectivity index (χ3v) is 7.00. The van der Waals surface area contributed by atoms with Crippen LogP contribution in [0.25, 0.3) is 10.9 Å². The molecule has 2 atom stereocenters. The molecule has 1 unspecified atom stereocenters. The van der Waals surface area contributed by atoms with Gasteiger partial charge in [-0.3, -0.25) is 9.59 Å². The van der Waals surface area contributed by atoms with Crippen LogP contribution in [0.3, 0.4) is 0 Å². The summed E-state index contributed by atoms with van der Waals surface area (Å²) in [6, 6.07) is -0.0601. The van der Waals surface area contributed by atoms with E-state index in [9.17, 15) is 28.7 Å². The van der Waals surface area contributed by atoms with Crippen LogP contribution in [0.15, 0.2) is 28.7 Å². The van der Waals surface area contributed by atoms with Gasteiger partial charge < -0.3 is 34.7 Å². The number of fused-ring (bicyclic) bond motifs is 1. The van der Waals surface area contributed by atoms with Gasteiger partial charge in [0.2, 0.25) is 11.3 Å². The number of methoxy groups -OCH3 is 1. The molecule has 1 aliphatic heterocycles. The quantitative estimate of drug-likeness (QED) is 0.309. The van der Waals surface area contributed by atoms with Gasteiger partial charge in [-0.25, -0.2) is 18.4 Å². The van der Waals surface area contributed by atoms with Gasteiger partial charge in [0.15, 0.2) is 17.9 Å². The Morgan fingerprint density at radius 2 is 1.90 bits per heavy atom. The number of pyridine rings is 1. The number of carboxylic acids is 1. The number of hydrogen-bond acceptors (Lipinski definition) is 7. The van der Waals surface area contributed by atoms with E-state index in [0.29, 0.717) is 30.5 Å². The van der Waals surface area contributed by atoms with Crippen molar-refractivity contribution in [3.63, 3.8) is 0 Å². The van der Waals surface area contributed by atoms with Crippen molar-refractivity contribution in [1.82, 2.24) is 15.2 Å². The molecule has 2 amide bonds. The van der Waals surface area contributed by atoms with Crippen LogP contribution < -0.4 is 25.7 Å². The zero-order chi connectivity index (χ0) is 30.9. The topological polar surface area (TPSA) is 139 Å². The van der Waals surface area contributed by atoms with Gasteiger partial charge in [0.1, 0.15) is 22.9 Å². The Hall–Kier alpha value is -4.16. The van der Waals surface area contributed by atoms with Crippen LogP contribution in [0.1, 0.15) is 69.8 Å². The number of nitrogens with one attached hydrogen (secondary N) is 2. The number of aromatic carboxylic acids is 1. The molecular weight excluding hydrogens is 554 g/mol. The predicted molar refractivity (Wildman–Crippen MR) is 151 cm³/mol. The predicted octanol–water partition coefficient (Wildman–Crippen LogP) is 4.03. The lowest BCUT2D eigenvalue weighted by atomic mass is 10.0. The monoisotopic (exact) mass is 590 g/mol. The lowest BCUT2D eigenvalue weighted by molar-refractivity contribution is -0.124. The standard InChI is InChI=1S/C29H36F2N4O7/c1-15(32-28(40)42-29(2,3)4)26(37)33-21(31)11-16-7-6-10-34(13-16)23-20(30)12-18-22(25(23)41-5)35(17-8-9-17)14-19(24(18)36)27(38)39/h11-12,14-15,17,21H,6-10,13H2,1-5H3,(H,32,40)(H,33,37)(H,38,39)/t15-,21?/m0/s1. The van der Waals surface area contributed by atoms with E-state index >= 15 is 4.39 Å². The lowest BCUT2D eigenvalue weighted by Crippen LogP contribution is -2.48. The van der Waals surface area contributed by atoms with Crippen molar-refractivity contribution >= 4 is 34.6 Å². The maximum atomic E-state index is 15.7. The van der Waals surface area contributed by atoms with Crippen LogP contribution in [0.4, 0.5) is 19.3 Å². The number of carbonyl (C=O) groups is 3. The molecule has 2 fully saturated rings. The number of amides is 2. The number of alkyl halides is 1. The SMILES string of the molecule is COc1c(N2CCCC(=CC(F)NC(=O)[C@H](C)NC(=O)OC(C)(C)C)C2)c(F)cc2c(=O)c(C(=O)O)cn(C3CC3)c12. The first-order valence-electron chi connectivity index (χ1n) is 13.8. The highest BCUT2D eigenvalue weighted by Crippen LogP contribution is 2.44. The number of alkyl carbamates (subject to hydrolysis) is 1. The van der Waals surface area contributed by atoms with Gasteiger partial charge in [-0.05, 0) is 65.5 Å². The summed E-state index contributed by atoms with van der Waals surface area (Å²) in [5.41, 5.74) is -1.01. The van der Waals surface area contributed by atoms with E-state index < -0.39 is 52.7 Å². The van der Waals surface area contributed by atoms with Crippen LogP contribution >= 0.6 is 0 Å². The molecule has 1 saturated carbocycles. The van der Waals surface area contributed by atoms with Crippen LogP contribution in [0, 0.1) is 5.82 Å². The van der Waals surface area contributed by atoms with Crippen LogP contribution in [0.5, 0.6) is 5.75 Å². The Morgan fingerprint density at radius 3 is 2.50 bits per heavy atom. The summed E-state index contributed by atoms with van der Waals surface area (Å²) in [5, 5.41) is 14.0. The zero-order valence-electron chi connectivity index (χ0n) is 24.3. The van der Waals surface area contributed by atoms with Crippen molar-refractivity contribution in [2.24, 2.45) is 0 Å². The number of ether oxygens (including phenoxy) is 2. The highest BCUT2D eigenvalue weighted by atomic mass is 19.1. The second kappa shape index (κ2) is 12.0. The Kier molecular flexibility index (Phi) is 8.79. The fraction of sp³-hybridized carbons (Fsp3) is 0.517. The molecular formula is C29H36F2N4O7. The van der Waals surface area contributed by atoms with E-state index in [-0.39, 0.29) is 29.4 Å². The van der Waals surface area contributed by atoms with Crippen molar-refractivity contribution in [1.29, 1.82) is 0 Å². The highest BCUT2D eigenvalue weighted by molar-refractivity contribution is 5.97. The molecule has 0 bridgehead atoms. The van der Waals surface area contributed by atoms with Crippen LogP contribution in [0.2, 0.25) is 0 Å². The molecule has 1 aromatic heterocycles. The van der Waals surface area contributed by atoms with Gasteiger partial charge in [0.25, 0.3) is 0 Å². The van der Waals surface area contributed by atoms with Crippen molar-refractivity contribution in [2.45, 2.75) is 77.4 Å². The minimum absolute atomic E-state index is 0.0432. The number of aromatic nitrogens is 1. The average molecular weight is 591 g/mol. The minimum Gasteiger partial charge on any atom is -0.492 e. The molecule has 11 nitrogen and oxygen atoms in total. The van der Waals surface area contributed by atoms with E-state index in [1.165, 1.54) is 26.3 Å². The van der Waals surface area contributed by atoms with E-state index in [2.05, 4.69) is 10.6 Å². The fourth-order valence-corrected chi connectivity index (χ4v) is 5.01. The van der Waals surface area contributed by atoms with Crippen molar-refractivity contribution in [3.05, 3.63) is 45.5 Å². The minimum atomic E-state index is -1.87. The summed E-state index contributed by atoms with van der Waals surface area (Å²) in [4.78, 5) is 50.7. The van der Waals surface area contributed by atoms with Crippen LogP contribution in [-0.2, 0) is 9.53 Å². The molecule has 0 spiro atoms. The summed E-state index contributed by atoms with van der Waals surface area (Å²) >= 11 is 0. The molecule has 228 valence electrons. The van der Waals surface area contributed by atoms with Gasteiger partial charge in [-0.2, -0.15) is 0 Å². The number of rotatable bonds is 8. The van der Waals surface area contributed by atoms with E-state index in [4.69, 9.17) is 9.47 Å². The number of nitrogens with zero attached hydrogens (tertiary/aromatic N) is 2. The number of carbonyl (C=O) groups excluding carboxylic acids is 2. The van der Waals surface area contributed by atoms with Crippen molar-refractivity contribution in [3.8, 4) is 5.75 Å².